The molecule has 1 aliphatic heterocycles. The van der Waals surface area contributed by atoms with E-state index < -0.39 is 0 Å². The summed E-state index contributed by atoms with van der Waals surface area (Å²) in [6.45, 7) is 7.47. The van der Waals surface area contributed by atoms with E-state index in [1.165, 1.54) is 11.1 Å². The van der Waals surface area contributed by atoms with Gasteiger partial charge in [-0.05, 0) is 76.2 Å². The van der Waals surface area contributed by atoms with E-state index in [-0.39, 0.29) is 18.1 Å². The third kappa shape index (κ3) is 6.16. The minimum absolute atomic E-state index is 0.0557. The Morgan fingerprint density at radius 2 is 1.80 bits per heavy atom. The highest BCUT2D eigenvalue weighted by Gasteiger charge is 2.42. The van der Waals surface area contributed by atoms with Crippen molar-refractivity contribution in [2.75, 3.05) is 26.2 Å². The molecule has 30 heavy (non-hydrogen) atoms. The number of likely N-dealkylation sites (tertiary alicyclic amines) is 1. The van der Waals surface area contributed by atoms with E-state index in [0.717, 1.165) is 45.3 Å². The van der Waals surface area contributed by atoms with Gasteiger partial charge in [0.1, 0.15) is 6.04 Å². The van der Waals surface area contributed by atoms with Crippen LogP contribution in [0.5, 0.6) is 0 Å². The molecule has 2 aromatic carbocycles. The molecule has 3 rings (SSSR count). The van der Waals surface area contributed by atoms with Gasteiger partial charge in [0.15, 0.2) is 0 Å². The fourth-order valence-corrected chi connectivity index (χ4v) is 4.59. The second-order valence-electron chi connectivity index (χ2n) is 8.20. The molecule has 0 bridgehead atoms. The third-order valence-electron chi connectivity index (χ3n) is 6.23. The highest BCUT2D eigenvalue weighted by Crippen LogP contribution is 2.35. The van der Waals surface area contributed by atoms with Crippen molar-refractivity contribution in [2.24, 2.45) is 5.92 Å². The Labute approximate surface area is 181 Å². The van der Waals surface area contributed by atoms with Crippen LogP contribution in [-0.2, 0) is 16.0 Å². The van der Waals surface area contributed by atoms with Crippen LogP contribution in [0.25, 0.3) is 0 Å². The Balaban J connectivity index is 1.50. The van der Waals surface area contributed by atoms with E-state index in [9.17, 15) is 4.79 Å². The molecule has 0 spiro atoms. The van der Waals surface area contributed by atoms with Gasteiger partial charge in [-0.25, -0.2) is 0 Å². The first-order chi connectivity index (χ1) is 14.7. The summed E-state index contributed by atoms with van der Waals surface area (Å²) >= 11 is 0. The highest BCUT2D eigenvalue weighted by molar-refractivity contribution is 5.76. The molecule has 0 unspecified atom stereocenters. The van der Waals surface area contributed by atoms with Crippen molar-refractivity contribution in [1.82, 2.24) is 10.2 Å². The zero-order valence-corrected chi connectivity index (χ0v) is 18.4. The molecule has 0 aromatic heterocycles. The normalized spacial score (nSPS) is 20.2. The number of hydrogen-bond donors (Lipinski definition) is 1. The predicted octanol–water partition coefficient (Wildman–Crippen LogP) is 4.61. The van der Waals surface area contributed by atoms with Gasteiger partial charge < -0.3 is 10.1 Å². The van der Waals surface area contributed by atoms with Gasteiger partial charge in [0, 0.05) is 6.04 Å². The fourth-order valence-electron chi connectivity index (χ4n) is 4.59. The second-order valence-corrected chi connectivity index (χ2v) is 8.20. The van der Waals surface area contributed by atoms with Crippen molar-refractivity contribution in [2.45, 2.75) is 51.6 Å². The molecule has 1 saturated heterocycles. The van der Waals surface area contributed by atoms with Crippen LogP contribution < -0.4 is 5.32 Å². The molecule has 1 aliphatic rings. The molecule has 0 aliphatic carbocycles. The largest absolute Gasteiger partial charge is 0.465 e. The monoisotopic (exact) mass is 408 g/mol. The average Bonchev–Trinajstić information content (AvgIpc) is 3.21. The van der Waals surface area contributed by atoms with Gasteiger partial charge in [-0.3, -0.25) is 9.69 Å². The lowest BCUT2D eigenvalue weighted by Crippen LogP contribution is -2.42. The fraction of sp³-hybridized carbons (Fsp3) is 0.500. The number of hydrogen-bond acceptors (Lipinski definition) is 4. The van der Waals surface area contributed by atoms with Crippen LogP contribution in [0.2, 0.25) is 0 Å². The summed E-state index contributed by atoms with van der Waals surface area (Å²) in [6, 6.07) is 21.1. The predicted molar refractivity (Wildman–Crippen MR) is 122 cm³/mol. The van der Waals surface area contributed by atoms with Crippen LogP contribution in [-0.4, -0.2) is 43.2 Å². The van der Waals surface area contributed by atoms with E-state index in [2.05, 4.69) is 71.7 Å². The second kappa shape index (κ2) is 11.9. The molecule has 0 amide bonds. The first kappa shape index (κ1) is 22.5. The molecule has 4 nitrogen and oxygen atoms in total. The number of ether oxygens (including phenoxy) is 1. The van der Waals surface area contributed by atoms with E-state index >= 15 is 0 Å². The summed E-state index contributed by atoms with van der Waals surface area (Å²) in [6.07, 6.45) is 4.26. The minimum atomic E-state index is -0.135. The summed E-state index contributed by atoms with van der Waals surface area (Å²) in [7, 11) is 0. The van der Waals surface area contributed by atoms with Crippen LogP contribution in [0.1, 0.15) is 50.3 Å². The Morgan fingerprint density at radius 1 is 1.10 bits per heavy atom. The lowest BCUT2D eigenvalue weighted by Gasteiger charge is -2.31. The van der Waals surface area contributed by atoms with Gasteiger partial charge in [-0.1, -0.05) is 60.7 Å². The van der Waals surface area contributed by atoms with E-state index in [0.29, 0.717) is 12.5 Å². The van der Waals surface area contributed by atoms with Gasteiger partial charge in [0.05, 0.1) is 6.61 Å². The molecular formula is C26H36N2O2. The van der Waals surface area contributed by atoms with E-state index in [4.69, 9.17) is 4.74 Å². The molecule has 162 valence electrons. The summed E-state index contributed by atoms with van der Waals surface area (Å²) in [5.74, 6) is 0.311. The minimum Gasteiger partial charge on any atom is -0.465 e. The van der Waals surface area contributed by atoms with Crippen LogP contribution in [0, 0.1) is 5.92 Å². The highest BCUT2D eigenvalue weighted by atomic mass is 16.5. The SMILES string of the molecule is CCOC(=O)[C@H]1[C@H](CCCNCCc2ccccc2)CCN1[C@@H](C)c1ccccc1. The summed E-state index contributed by atoms with van der Waals surface area (Å²) < 4.78 is 5.47. The molecule has 1 fully saturated rings. The van der Waals surface area contributed by atoms with Crippen molar-refractivity contribution < 1.29 is 9.53 Å². The number of carbonyl (C=O) groups excluding carboxylic acids is 1. The zero-order valence-electron chi connectivity index (χ0n) is 18.4. The van der Waals surface area contributed by atoms with Crippen molar-refractivity contribution in [3.05, 3.63) is 71.8 Å². The summed E-state index contributed by atoms with van der Waals surface area (Å²) in [5.41, 5.74) is 2.63. The molecule has 0 radical (unpaired) electrons. The van der Waals surface area contributed by atoms with E-state index in [1.54, 1.807) is 0 Å². The third-order valence-corrected chi connectivity index (χ3v) is 6.23. The topological polar surface area (TPSA) is 41.6 Å². The molecule has 4 heteroatoms. The van der Waals surface area contributed by atoms with Crippen LogP contribution in [0.4, 0.5) is 0 Å². The lowest BCUT2D eigenvalue weighted by molar-refractivity contribution is -0.150. The standard InChI is InChI=1S/C26H36N2O2/c1-3-30-26(29)25-24(15-10-18-27-19-16-22-11-6-4-7-12-22)17-20-28(25)21(2)23-13-8-5-9-14-23/h4-9,11-14,21,24-25,27H,3,10,15-20H2,1-2H3/t21-,24+,25+/m0/s1. The average molecular weight is 409 g/mol. The number of rotatable bonds is 11. The number of benzene rings is 2. The van der Waals surface area contributed by atoms with Gasteiger partial charge in [-0.15, -0.1) is 0 Å². The number of carbonyl (C=O) groups is 1. The first-order valence-electron chi connectivity index (χ1n) is 11.4. The van der Waals surface area contributed by atoms with Crippen LogP contribution in [0.15, 0.2) is 60.7 Å². The molecule has 2 aromatic rings. The first-order valence-corrected chi connectivity index (χ1v) is 11.4. The lowest BCUT2D eigenvalue weighted by atomic mass is 9.94. The van der Waals surface area contributed by atoms with Gasteiger partial charge in [0.2, 0.25) is 0 Å². The van der Waals surface area contributed by atoms with Crippen molar-refractivity contribution in [1.29, 1.82) is 0 Å². The number of nitrogens with one attached hydrogen (secondary N) is 1. The molecule has 3 atom stereocenters. The maximum atomic E-state index is 12.8. The van der Waals surface area contributed by atoms with E-state index in [1.807, 2.05) is 13.0 Å². The molecule has 1 heterocycles. The van der Waals surface area contributed by atoms with Crippen molar-refractivity contribution in [3.63, 3.8) is 0 Å². The quantitative estimate of drug-likeness (QED) is 0.435. The molecule has 1 N–H and O–H groups in total. The molecule has 0 saturated carbocycles. The zero-order chi connectivity index (χ0) is 21.2. The van der Waals surface area contributed by atoms with Crippen molar-refractivity contribution >= 4 is 5.97 Å². The van der Waals surface area contributed by atoms with Gasteiger partial charge in [-0.2, -0.15) is 0 Å². The Hall–Kier alpha value is -2.17. The van der Waals surface area contributed by atoms with Crippen molar-refractivity contribution in [3.8, 4) is 0 Å². The number of esters is 1. The maximum Gasteiger partial charge on any atom is 0.323 e. The van der Waals surface area contributed by atoms with Crippen LogP contribution >= 0.6 is 0 Å². The Kier molecular flexibility index (Phi) is 8.91. The number of nitrogens with zero attached hydrogens (tertiary/aromatic N) is 1. The maximum absolute atomic E-state index is 12.8. The smallest absolute Gasteiger partial charge is 0.323 e. The summed E-state index contributed by atoms with van der Waals surface area (Å²) in [4.78, 5) is 15.2. The van der Waals surface area contributed by atoms with Gasteiger partial charge in [0.25, 0.3) is 0 Å². The summed E-state index contributed by atoms with van der Waals surface area (Å²) in [5, 5.41) is 3.56. The van der Waals surface area contributed by atoms with Crippen LogP contribution in [0.3, 0.4) is 0 Å². The Morgan fingerprint density at radius 3 is 2.50 bits per heavy atom. The Bertz CT molecular complexity index is 750. The van der Waals surface area contributed by atoms with Gasteiger partial charge >= 0.3 is 5.97 Å². The molecular weight excluding hydrogens is 372 g/mol.